The van der Waals surface area contributed by atoms with Gasteiger partial charge in [0.2, 0.25) is 5.91 Å². The van der Waals surface area contributed by atoms with Gasteiger partial charge in [0.25, 0.3) is 0 Å². The fraction of sp³-hybridized carbons (Fsp3) is 0.500. The second-order valence-corrected chi connectivity index (χ2v) is 5.38. The summed E-state index contributed by atoms with van der Waals surface area (Å²) in [5.41, 5.74) is 1.00. The maximum Gasteiger partial charge on any atom is 0.226 e. The molecule has 86 valence electrons. The molecule has 1 N–H and O–H groups in total. The molecule has 3 nitrogen and oxygen atoms in total. The van der Waals surface area contributed by atoms with E-state index in [4.69, 9.17) is 0 Å². The summed E-state index contributed by atoms with van der Waals surface area (Å²) in [6.45, 7) is 3.98. The lowest BCUT2D eigenvalue weighted by Crippen LogP contribution is -2.14. The number of thiazole rings is 1. The molecule has 1 atom stereocenters. The van der Waals surface area contributed by atoms with Crippen molar-refractivity contribution in [1.29, 1.82) is 0 Å². The third-order valence-corrected chi connectivity index (χ3v) is 3.82. The Bertz CT molecular complexity index is 403. The van der Waals surface area contributed by atoms with Gasteiger partial charge in [0.1, 0.15) is 0 Å². The van der Waals surface area contributed by atoms with Crippen LogP contribution in [0.15, 0.2) is 12.2 Å². The number of rotatable bonds is 3. The molecule has 0 bridgehead atoms. The molecule has 1 aromatic heterocycles. The van der Waals surface area contributed by atoms with Crippen LogP contribution < -0.4 is 5.32 Å². The Morgan fingerprint density at radius 2 is 2.44 bits per heavy atom. The van der Waals surface area contributed by atoms with E-state index in [-0.39, 0.29) is 5.91 Å². The summed E-state index contributed by atoms with van der Waals surface area (Å²) in [6.07, 6.45) is 7.07. The molecule has 4 heteroatoms. The molecule has 0 unspecified atom stereocenters. The van der Waals surface area contributed by atoms with Gasteiger partial charge in [-0.3, -0.25) is 4.79 Å². The van der Waals surface area contributed by atoms with E-state index in [1.165, 1.54) is 11.3 Å². The molecule has 1 aromatic rings. The summed E-state index contributed by atoms with van der Waals surface area (Å²) >= 11 is 1.54. The van der Waals surface area contributed by atoms with Crippen LogP contribution in [0.1, 0.15) is 29.8 Å². The minimum absolute atomic E-state index is 0.0744. The minimum atomic E-state index is 0.0744. The minimum Gasteiger partial charge on any atom is -0.302 e. The van der Waals surface area contributed by atoms with Crippen molar-refractivity contribution in [3.63, 3.8) is 0 Å². The highest BCUT2D eigenvalue weighted by Gasteiger charge is 2.15. The molecule has 1 aliphatic rings. The van der Waals surface area contributed by atoms with Crippen LogP contribution in [0.5, 0.6) is 0 Å². The lowest BCUT2D eigenvalue weighted by molar-refractivity contribution is -0.116. The highest BCUT2D eigenvalue weighted by atomic mass is 32.1. The van der Waals surface area contributed by atoms with E-state index in [0.717, 1.165) is 28.5 Å². The first-order chi connectivity index (χ1) is 7.65. The summed E-state index contributed by atoms with van der Waals surface area (Å²) in [5, 5.41) is 3.59. The molecule has 1 aliphatic carbocycles. The van der Waals surface area contributed by atoms with Crippen LogP contribution in [0.3, 0.4) is 0 Å². The molecule has 1 heterocycles. The van der Waals surface area contributed by atoms with E-state index in [2.05, 4.69) is 22.5 Å². The Hall–Kier alpha value is -1.16. The van der Waals surface area contributed by atoms with Gasteiger partial charge in [-0.25, -0.2) is 4.98 Å². The van der Waals surface area contributed by atoms with Crippen molar-refractivity contribution in [1.82, 2.24) is 4.98 Å². The number of hydrogen-bond acceptors (Lipinski definition) is 3. The number of allylic oxidation sites excluding steroid dienone is 2. The lowest BCUT2D eigenvalue weighted by atomic mass is 10.1. The summed E-state index contributed by atoms with van der Waals surface area (Å²) in [6, 6.07) is 0. The van der Waals surface area contributed by atoms with Crippen molar-refractivity contribution < 1.29 is 4.79 Å². The number of hydrogen-bond donors (Lipinski definition) is 1. The first-order valence-electron chi connectivity index (χ1n) is 5.55. The van der Waals surface area contributed by atoms with Crippen molar-refractivity contribution >= 4 is 22.4 Å². The molecule has 0 spiro atoms. The molecule has 0 fully saturated rings. The van der Waals surface area contributed by atoms with Gasteiger partial charge in [-0.1, -0.05) is 12.2 Å². The number of nitrogens with one attached hydrogen (secondary N) is 1. The van der Waals surface area contributed by atoms with Crippen LogP contribution in [-0.2, 0) is 4.79 Å². The summed E-state index contributed by atoms with van der Waals surface area (Å²) in [7, 11) is 0. The van der Waals surface area contributed by atoms with Crippen molar-refractivity contribution in [3.8, 4) is 0 Å². The second kappa shape index (κ2) is 4.78. The van der Waals surface area contributed by atoms with Crippen LogP contribution in [0.4, 0.5) is 5.13 Å². The number of aryl methyl sites for hydroxylation is 2. The van der Waals surface area contributed by atoms with E-state index >= 15 is 0 Å². The number of anilines is 1. The first kappa shape index (κ1) is 11.3. The molecule has 16 heavy (non-hydrogen) atoms. The smallest absolute Gasteiger partial charge is 0.226 e. The predicted molar refractivity (Wildman–Crippen MR) is 66.7 cm³/mol. The Balaban J connectivity index is 1.89. The van der Waals surface area contributed by atoms with Crippen LogP contribution in [0.25, 0.3) is 0 Å². The summed E-state index contributed by atoms with van der Waals surface area (Å²) in [4.78, 5) is 17.2. The van der Waals surface area contributed by atoms with E-state index < -0.39 is 0 Å². The molecule has 2 rings (SSSR count). The van der Waals surface area contributed by atoms with Gasteiger partial charge < -0.3 is 5.32 Å². The third-order valence-electron chi connectivity index (χ3n) is 2.83. The first-order valence-corrected chi connectivity index (χ1v) is 6.37. The average molecular weight is 236 g/mol. The fourth-order valence-electron chi connectivity index (χ4n) is 1.80. The zero-order valence-corrected chi connectivity index (χ0v) is 10.4. The maximum absolute atomic E-state index is 11.7. The number of carbonyl (C=O) groups is 1. The van der Waals surface area contributed by atoms with Crippen LogP contribution in [-0.4, -0.2) is 10.9 Å². The molecule has 0 saturated heterocycles. The molecule has 0 saturated carbocycles. The molecular weight excluding hydrogens is 220 g/mol. The van der Waals surface area contributed by atoms with Crippen LogP contribution in [0, 0.1) is 19.8 Å². The van der Waals surface area contributed by atoms with Gasteiger partial charge in [-0.2, -0.15) is 0 Å². The molecule has 1 amide bonds. The summed E-state index contributed by atoms with van der Waals surface area (Å²) in [5.74, 6) is 0.493. The standard InChI is InChI=1S/C12H16N2OS/c1-8-9(2)16-12(13-8)14-11(15)7-10-5-3-4-6-10/h3,5,10H,4,6-7H2,1-2H3,(H,13,14,15)/t10-/m0/s1. The van der Waals surface area contributed by atoms with Gasteiger partial charge in [0.15, 0.2) is 5.13 Å². The van der Waals surface area contributed by atoms with E-state index in [9.17, 15) is 4.79 Å². The van der Waals surface area contributed by atoms with Crippen molar-refractivity contribution in [3.05, 3.63) is 22.7 Å². The van der Waals surface area contributed by atoms with Gasteiger partial charge in [0, 0.05) is 11.3 Å². The van der Waals surface area contributed by atoms with Gasteiger partial charge in [-0.15, -0.1) is 11.3 Å². The Morgan fingerprint density at radius 1 is 1.62 bits per heavy atom. The van der Waals surface area contributed by atoms with E-state index in [0.29, 0.717) is 12.3 Å². The fourth-order valence-corrected chi connectivity index (χ4v) is 2.63. The highest BCUT2D eigenvalue weighted by Crippen LogP contribution is 2.23. The number of nitrogens with zero attached hydrogens (tertiary/aromatic N) is 1. The molecular formula is C12H16N2OS. The zero-order chi connectivity index (χ0) is 11.5. The normalized spacial score (nSPS) is 19.0. The maximum atomic E-state index is 11.7. The zero-order valence-electron chi connectivity index (χ0n) is 9.62. The monoisotopic (exact) mass is 236 g/mol. The highest BCUT2D eigenvalue weighted by molar-refractivity contribution is 7.15. The topological polar surface area (TPSA) is 42.0 Å². The number of amides is 1. The molecule has 0 aromatic carbocycles. The molecule has 0 radical (unpaired) electrons. The van der Waals surface area contributed by atoms with Crippen molar-refractivity contribution in [2.24, 2.45) is 5.92 Å². The largest absolute Gasteiger partial charge is 0.302 e. The van der Waals surface area contributed by atoms with Gasteiger partial charge >= 0.3 is 0 Å². The van der Waals surface area contributed by atoms with E-state index in [1.54, 1.807) is 0 Å². The third kappa shape index (κ3) is 2.70. The average Bonchev–Trinajstić information content (AvgIpc) is 2.78. The van der Waals surface area contributed by atoms with E-state index in [1.807, 2.05) is 13.8 Å². The Labute approximate surface area is 99.6 Å². The number of aromatic nitrogens is 1. The lowest BCUT2D eigenvalue weighted by Gasteiger charge is -2.06. The Morgan fingerprint density at radius 3 is 3.00 bits per heavy atom. The SMILES string of the molecule is Cc1nc(NC(=O)C[C@H]2C=CCC2)sc1C. The van der Waals surface area contributed by atoms with Crippen molar-refractivity contribution in [2.45, 2.75) is 33.1 Å². The predicted octanol–water partition coefficient (Wildman–Crippen LogP) is 3.05. The quantitative estimate of drug-likeness (QED) is 0.819. The van der Waals surface area contributed by atoms with Crippen LogP contribution >= 0.6 is 11.3 Å². The van der Waals surface area contributed by atoms with Gasteiger partial charge in [0.05, 0.1) is 5.69 Å². The second-order valence-electron chi connectivity index (χ2n) is 4.18. The van der Waals surface area contributed by atoms with Crippen LogP contribution in [0.2, 0.25) is 0 Å². The van der Waals surface area contributed by atoms with Gasteiger partial charge in [-0.05, 0) is 32.6 Å². The summed E-state index contributed by atoms with van der Waals surface area (Å²) < 4.78 is 0. The number of carbonyl (C=O) groups excluding carboxylic acids is 1. The molecule has 0 aliphatic heterocycles. The Kier molecular flexibility index (Phi) is 3.39. The van der Waals surface area contributed by atoms with Crippen molar-refractivity contribution in [2.75, 3.05) is 5.32 Å².